The quantitative estimate of drug-likeness (QED) is 0.795. The normalized spacial score (nSPS) is 12.6. The van der Waals surface area contributed by atoms with E-state index in [2.05, 4.69) is 0 Å². The maximum absolute atomic E-state index is 13.4. The maximum atomic E-state index is 13.4. The molecule has 0 aliphatic heterocycles. The number of carbonyl (C=O) groups is 1. The van der Waals surface area contributed by atoms with Crippen LogP contribution in [0.4, 0.5) is 4.39 Å². The summed E-state index contributed by atoms with van der Waals surface area (Å²) >= 11 is 5.66. The molecule has 0 radical (unpaired) electrons. The van der Waals surface area contributed by atoms with Gasteiger partial charge in [-0.25, -0.2) is 4.39 Å². The zero-order valence-corrected chi connectivity index (χ0v) is 8.18. The summed E-state index contributed by atoms with van der Waals surface area (Å²) in [6.07, 6.45) is 0. The van der Waals surface area contributed by atoms with Crippen molar-refractivity contribution in [2.75, 3.05) is 0 Å². The predicted molar refractivity (Wildman–Crippen MR) is 50.7 cm³/mol. The van der Waals surface area contributed by atoms with E-state index in [1.165, 1.54) is 19.1 Å². The molecule has 0 aliphatic rings. The molecule has 0 fully saturated rings. The van der Waals surface area contributed by atoms with Gasteiger partial charge in [0.1, 0.15) is 11.9 Å². The molecule has 3 nitrogen and oxygen atoms in total. The van der Waals surface area contributed by atoms with Gasteiger partial charge in [-0.1, -0.05) is 11.6 Å². The number of carboxylic acid groups (broad SMARTS) is 1. The molecular weight excluding hydrogens is 209 g/mol. The number of hydrogen-bond acceptors (Lipinski definition) is 2. The highest BCUT2D eigenvalue weighted by Gasteiger charge is 2.20. The molecule has 1 rings (SSSR count). The maximum Gasteiger partial charge on any atom is 0.325 e. The third-order valence-corrected chi connectivity index (χ3v) is 2.07. The predicted octanol–water partition coefficient (Wildman–Crippen LogP) is 1.87. The van der Waals surface area contributed by atoms with E-state index in [9.17, 15) is 9.18 Å². The fourth-order valence-corrected chi connectivity index (χ4v) is 1.39. The first-order valence-electron chi connectivity index (χ1n) is 3.87. The molecule has 1 aromatic carbocycles. The van der Waals surface area contributed by atoms with E-state index in [0.717, 1.165) is 0 Å². The van der Waals surface area contributed by atoms with Crippen LogP contribution in [0.15, 0.2) is 12.1 Å². The second kappa shape index (κ2) is 3.94. The Balaban J connectivity index is 3.26. The van der Waals surface area contributed by atoms with Gasteiger partial charge in [-0.3, -0.25) is 4.79 Å². The summed E-state index contributed by atoms with van der Waals surface area (Å²) in [7, 11) is 0. The van der Waals surface area contributed by atoms with E-state index >= 15 is 0 Å². The lowest BCUT2D eigenvalue weighted by atomic mass is 10.0. The van der Waals surface area contributed by atoms with Crippen LogP contribution in [0.1, 0.15) is 17.2 Å². The molecule has 0 heterocycles. The van der Waals surface area contributed by atoms with Gasteiger partial charge in [-0.2, -0.15) is 0 Å². The van der Waals surface area contributed by atoms with Crippen molar-refractivity contribution in [2.24, 2.45) is 5.73 Å². The van der Waals surface area contributed by atoms with Crippen molar-refractivity contribution < 1.29 is 14.3 Å². The minimum absolute atomic E-state index is 0.0949. The molecule has 0 spiro atoms. The molecule has 0 saturated carbocycles. The van der Waals surface area contributed by atoms with E-state index in [4.69, 9.17) is 22.4 Å². The first-order valence-corrected chi connectivity index (χ1v) is 4.25. The van der Waals surface area contributed by atoms with Gasteiger partial charge in [0.15, 0.2) is 0 Å². The Morgan fingerprint density at radius 3 is 2.71 bits per heavy atom. The molecule has 0 aromatic heterocycles. The number of aliphatic carboxylic acids is 1. The zero-order valence-electron chi connectivity index (χ0n) is 7.42. The molecule has 1 aromatic rings. The van der Waals surface area contributed by atoms with Crippen LogP contribution in [-0.4, -0.2) is 11.1 Å². The van der Waals surface area contributed by atoms with E-state index in [-0.39, 0.29) is 16.1 Å². The van der Waals surface area contributed by atoms with Crippen LogP contribution in [0.3, 0.4) is 0 Å². The Morgan fingerprint density at radius 1 is 1.64 bits per heavy atom. The highest BCUT2D eigenvalue weighted by atomic mass is 35.5. The van der Waals surface area contributed by atoms with Gasteiger partial charge < -0.3 is 10.8 Å². The number of carboxylic acids is 1. The second-order valence-corrected chi connectivity index (χ2v) is 3.38. The molecule has 0 saturated heterocycles. The Kier molecular flexibility index (Phi) is 3.08. The summed E-state index contributed by atoms with van der Waals surface area (Å²) in [5.74, 6) is -1.91. The number of benzene rings is 1. The lowest BCUT2D eigenvalue weighted by Crippen LogP contribution is -2.22. The molecule has 14 heavy (non-hydrogen) atoms. The minimum atomic E-state index is -1.38. The van der Waals surface area contributed by atoms with Crippen molar-refractivity contribution in [2.45, 2.75) is 13.0 Å². The zero-order chi connectivity index (χ0) is 10.9. The summed E-state index contributed by atoms with van der Waals surface area (Å²) in [5.41, 5.74) is 5.46. The Morgan fingerprint density at radius 2 is 2.21 bits per heavy atom. The topological polar surface area (TPSA) is 63.3 Å². The van der Waals surface area contributed by atoms with E-state index in [1.807, 2.05) is 0 Å². The van der Waals surface area contributed by atoms with E-state index in [1.54, 1.807) is 0 Å². The second-order valence-electron chi connectivity index (χ2n) is 2.94. The summed E-state index contributed by atoms with van der Waals surface area (Å²) in [6.45, 7) is 1.50. The van der Waals surface area contributed by atoms with Gasteiger partial charge >= 0.3 is 5.97 Å². The van der Waals surface area contributed by atoms with Gasteiger partial charge in [-0.15, -0.1) is 0 Å². The molecule has 0 aliphatic carbocycles. The Labute approximate surface area is 85.3 Å². The summed E-state index contributed by atoms with van der Waals surface area (Å²) < 4.78 is 13.4. The van der Waals surface area contributed by atoms with Gasteiger partial charge in [0.2, 0.25) is 0 Å². The number of aryl methyl sites for hydroxylation is 1. The monoisotopic (exact) mass is 217 g/mol. The fourth-order valence-electron chi connectivity index (χ4n) is 1.11. The molecule has 76 valence electrons. The third kappa shape index (κ3) is 2.02. The van der Waals surface area contributed by atoms with Crippen LogP contribution >= 0.6 is 11.6 Å². The SMILES string of the molecule is Cc1cc(Cl)cc(C(N)C(=O)O)c1F. The van der Waals surface area contributed by atoms with Crippen molar-refractivity contribution in [1.82, 2.24) is 0 Å². The van der Waals surface area contributed by atoms with Crippen molar-refractivity contribution in [3.05, 3.63) is 34.1 Å². The van der Waals surface area contributed by atoms with Crippen LogP contribution < -0.4 is 5.73 Å². The number of rotatable bonds is 2. The molecule has 3 N–H and O–H groups in total. The van der Waals surface area contributed by atoms with E-state index in [0.29, 0.717) is 0 Å². The van der Waals surface area contributed by atoms with Crippen molar-refractivity contribution >= 4 is 17.6 Å². The Hall–Kier alpha value is -1.13. The van der Waals surface area contributed by atoms with Crippen molar-refractivity contribution in [3.8, 4) is 0 Å². The molecule has 0 amide bonds. The number of halogens is 2. The smallest absolute Gasteiger partial charge is 0.325 e. The van der Waals surface area contributed by atoms with Gasteiger partial charge in [0, 0.05) is 10.6 Å². The van der Waals surface area contributed by atoms with Crippen LogP contribution in [0.25, 0.3) is 0 Å². The lowest BCUT2D eigenvalue weighted by molar-refractivity contribution is -0.138. The Bertz CT molecular complexity index is 381. The average Bonchev–Trinajstić information content (AvgIpc) is 2.09. The van der Waals surface area contributed by atoms with Gasteiger partial charge in [0.25, 0.3) is 0 Å². The average molecular weight is 218 g/mol. The summed E-state index contributed by atoms with van der Waals surface area (Å²) in [5, 5.41) is 8.88. The fraction of sp³-hybridized carbons (Fsp3) is 0.222. The van der Waals surface area contributed by atoms with Crippen LogP contribution in [-0.2, 0) is 4.79 Å². The van der Waals surface area contributed by atoms with Crippen molar-refractivity contribution in [3.63, 3.8) is 0 Å². The van der Waals surface area contributed by atoms with Crippen molar-refractivity contribution in [1.29, 1.82) is 0 Å². The lowest BCUT2D eigenvalue weighted by Gasteiger charge is -2.10. The van der Waals surface area contributed by atoms with Crippen LogP contribution in [0.2, 0.25) is 5.02 Å². The first-order chi connectivity index (χ1) is 6.43. The molecule has 1 atom stereocenters. The van der Waals surface area contributed by atoms with Gasteiger partial charge in [0.05, 0.1) is 0 Å². The standard InChI is InChI=1S/C9H9ClFNO2/c1-4-2-5(10)3-6(7(4)11)8(12)9(13)14/h2-3,8H,12H2,1H3,(H,13,14). The first kappa shape index (κ1) is 10.9. The highest BCUT2D eigenvalue weighted by Crippen LogP contribution is 2.23. The summed E-state index contributed by atoms with van der Waals surface area (Å²) in [4.78, 5) is 10.5. The van der Waals surface area contributed by atoms with E-state index < -0.39 is 17.8 Å². The van der Waals surface area contributed by atoms with Gasteiger partial charge in [-0.05, 0) is 24.6 Å². The number of nitrogens with two attached hydrogens (primary N) is 1. The molecular formula is C9H9ClFNO2. The largest absolute Gasteiger partial charge is 0.480 e. The van der Waals surface area contributed by atoms with Crippen LogP contribution in [0.5, 0.6) is 0 Å². The molecule has 5 heteroatoms. The van der Waals surface area contributed by atoms with Crippen LogP contribution in [0, 0.1) is 12.7 Å². The minimum Gasteiger partial charge on any atom is -0.480 e. The summed E-state index contributed by atoms with van der Waals surface area (Å²) in [6, 6.07) is 1.25. The molecule has 1 unspecified atom stereocenters. The number of hydrogen-bond donors (Lipinski definition) is 2. The highest BCUT2D eigenvalue weighted by molar-refractivity contribution is 6.30. The third-order valence-electron chi connectivity index (χ3n) is 1.85. The molecule has 0 bridgehead atoms.